The lowest BCUT2D eigenvalue weighted by molar-refractivity contribution is -0.118. The maximum atomic E-state index is 13.0. The summed E-state index contributed by atoms with van der Waals surface area (Å²) in [6, 6.07) is 18.3. The van der Waals surface area contributed by atoms with Crippen LogP contribution in [0.25, 0.3) is 0 Å². The van der Waals surface area contributed by atoms with Crippen molar-refractivity contribution in [2.75, 3.05) is 25.6 Å². The molecule has 0 aliphatic carbocycles. The molecule has 0 spiro atoms. The molecule has 0 unspecified atom stereocenters. The third kappa shape index (κ3) is 5.06. The van der Waals surface area contributed by atoms with Crippen molar-refractivity contribution in [1.29, 1.82) is 0 Å². The SMILES string of the molecule is COc1cccc(NC(=O)COc2ccc(C(=O)N3CCC[C@@H]3c3cccs3)cc2)c1. The molecule has 0 bridgehead atoms. The first kappa shape index (κ1) is 20.9. The van der Waals surface area contributed by atoms with Gasteiger partial charge in [0.1, 0.15) is 11.5 Å². The number of amides is 2. The topological polar surface area (TPSA) is 67.9 Å². The summed E-state index contributed by atoms with van der Waals surface area (Å²) in [5, 5.41) is 4.82. The third-order valence-corrected chi connectivity index (χ3v) is 6.18. The van der Waals surface area contributed by atoms with Crippen molar-refractivity contribution >= 4 is 28.8 Å². The lowest BCUT2D eigenvalue weighted by Gasteiger charge is -2.24. The van der Waals surface area contributed by atoms with E-state index in [2.05, 4.69) is 11.4 Å². The van der Waals surface area contributed by atoms with Gasteiger partial charge in [-0.15, -0.1) is 11.3 Å². The second kappa shape index (κ2) is 9.66. The predicted molar refractivity (Wildman–Crippen MR) is 121 cm³/mol. The van der Waals surface area contributed by atoms with E-state index in [0.717, 1.165) is 19.4 Å². The Balaban J connectivity index is 1.32. The van der Waals surface area contributed by atoms with Crippen LogP contribution in [0.3, 0.4) is 0 Å². The molecule has 2 heterocycles. The molecule has 1 fully saturated rings. The van der Waals surface area contributed by atoms with E-state index in [1.165, 1.54) is 4.88 Å². The molecule has 1 aliphatic rings. The van der Waals surface area contributed by atoms with Crippen LogP contribution in [0.4, 0.5) is 5.69 Å². The molecule has 3 aromatic rings. The number of methoxy groups -OCH3 is 1. The van der Waals surface area contributed by atoms with Gasteiger partial charge in [-0.1, -0.05) is 12.1 Å². The normalized spacial score (nSPS) is 15.5. The van der Waals surface area contributed by atoms with Gasteiger partial charge in [-0.2, -0.15) is 0 Å². The molecule has 160 valence electrons. The van der Waals surface area contributed by atoms with Gasteiger partial charge in [0.2, 0.25) is 0 Å². The fourth-order valence-electron chi connectivity index (χ4n) is 3.69. The highest BCUT2D eigenvalue weighted by atomic mass is 32.1. The average Bonchev–Trinajstić information content (AvgIpc) is 3.49. The number of likely N-dealkylation sites (tertiary alicyclic amines) is 1. The van der Waals surface area contributed by atoms with E-state index in [9.17, 15) is 9.59 Å². The minimum atomic E-state index is -0.274. The van der Waals surface area contributed by atoms with Gasteiger partial charge >= 0.3 is 0 Å². The number of ether oxygens (including phenoxy) is 2. The van der Waals surface area contributed by atoms with Crippen LogP contribution in [0.2, 0.25) is 0 Å². The van der Waals surface area contributed by atoms with Gasteiger partial charge < -0.3 is 19.7 Å². The average molecular weight is 437 g/mol. The van der Waals surface area contributed by atoms with Crippen LogP contribution in [0, 0.1) is 0 Å². The van der Waals surface area contributed by atoms with E-state index in [0.29, 0.717) is 22.7 Å². The number of nitrogens with one attached hydrogen (secondary N) is 1. The van der Waals surface area contributed by atoms with Crippen molar-refractivity contribution < 1.29 is 19.1 Å². The van der Waals surface area contributed by atoms with Gasteiger partial charge in [-0.25, -0.2) is 0 Å². The van der Waals surface area contributed by atoms with Crippen molar-refractivity contribution in [3.63, 3.8) is 0 Å². The zero-order valence-corrected chi connectivity index (χ0v) is 18.1. The van der Waals surface area contributed by atoms with E-state index >= 15 is 0 Å². The Bertz CT molecular complexity index is 1030. The Morgan fingerprint density at radius 2 is 1.94 bits per heavy atom. The van der Waals surface area contributed by atoms with Crippen LogP contribution in [-0.4, -0.2) is 37.0 Å². The van der Waals surface area contributed by atoms with E-state index in [4.69, 9.17) is 9.47 Å². The van der Waals surface area contributed by atoms with Crippen LogP contribution in [-0.2, 0) is 4.79 Å². The molecule has 2 amide bonds. The summed E-state index contributed by atoms with van der Waals surface area (Å²) in [5.74, 6) is 0.953. The standard InChI is InChI=1S/C24H24N2O4S/c1-29-20-6-2-5-18(15-20)25-23(27)16-30-19-11-9-17(10-12-19)24(28)26-13-3-7-21(26)22-8-4-14-31-22/h2,4-6,8-12,14-15,21H,3,7,13,16H2,1H3,(H,25,27)/t21-/m1/s1. The van der Waals surface area contributed by atoms with E-state index in [1.807, 2.05) is 16.3 Å². The summed E-state index contributed by atoms with van der Waals surface area (Å²) >= 11 is 1.69. The molecular weight excluding hydrogens is 412 g/mol. The van der Waals surface area contributed by atoms with Gasteiger partial charge in [0.05, 0.1) is 13.2 Å². The number of anilines is 1. The fraction of sp³-hybridized carbons (Fsp3) is 0.250. The van der Waals surface area contributed by atoms with E-state index < -0.39 is 0 Å². The molecule has 1 aromatic heterocycles. The minimum Gasteiger partial charge on any atom is -0.497 e. The molecule has 4 rings (SSSR count). The number of hydrogen-bond donors (Lipinski definition) is 1. The number of carbonyl (C=O) groups excluding carboxylic acids is 2. The van der Waals surface area contributed by atoms with Gasteiger partial charge in [0.25, 0.3) is 11.8 Å². The second-order valence-corrected chi connectivity index (χ2v) is 8.24. The number of rotatable bonds is 7. The van der Waals surface area contributed by atoms with Crippen LogP contribution in [0.5, 0.6) is 11.5 Å². The Kier molecular flexibility index (Phi) is 6.52. The molecule has 0 radical (unpaired) electrons. The number of hydrogen-bond acceptors (Lipinski definition) is 5. The van der Waals surface area contributed by atoms with Crippen LogP contribution >= 0.6 is 11.3 Å². The molecule has 7 heteroatoms. The zero-order valence-electron chi connectivity index (χ0n) is 17.2. The lowest BCUT2D eigenvalue weighted by Crippen LogP contribution is -2.30. The molecule has 1 aliphatic heterocycles. The molecule has 0 saturated carbocycles. The molecule has 31 heavy (non-hydrogen) atoms. The summed E-state index contributed by atoms with van der Waals surface area (Å²) in [4.78, 5) is 28.3. The maximum Gasteiger partial charge on any atom is 0.262 e. The second-order valence-electron chi connectivity index (χ2n) is 7.27. The van der Waals surface area contributed by atoms with Gasteiger partial charge in [0.15, 0.2) is 6.61 Å². The van der Waals surface area contributed by atoms with Gasteiger partial charge in [0, 0.05) is 28.7 Å². The van der Waals surface area contributed by atoms with Crippen molar-refractivity contribution in [3.05, 3.63) is 76.5 Å². The Morgan fingerprint density at radius 3 is 2.68 bits per heavy atom. The predicted octanol–water partition coefficient (Wildman–Crippen LogP) is 4.75. The molecular formula is C24H24N2O4S. The quantitative estimate of drug-likeness (QED) is 0.580. The highest BCUT2D eigenvalue weighted by molar-refractivity contribution is 7.10. The fourth-order valence-corrected chi connectivity index (χ4v) is 4.57. The van der Waals surface area contributed by atoms with E-state index in [-0.39, 0.29) is 24.5 Å². The van der Waals surface area contributed by atoms with Gasteiger partial charge in [-0.05, 0) is 60.7 Å². The van der Waals surface area contributed by atoms with Crippen LogP contribution in [0.1, 0.15) is 34.1 Å². The summed E-state index contributed by atoms with van der Waals surface area (Å²) < 4.78 is 10.7. The monoisotopic (exact) mass is 436 g/mol. The number of thiophene rings is 1. The summed E-state index contributed by atoms with van der Waals surface area (Å²) in [6.07, 6.45) is 2.01. The van der Waals surface area contributed by atoms with Crippen molar-refractivity contribution in [1.82, 2.24) is 4.90 Å². The van der Waals surface area contributed by atoms with Crippen molar-refractivity contribution in [3.8, 4) is 11.5 Å². The lowest BCUT2D eigenvalue weighted by atomic mass is 10.1. The maximum absolute atomic E-state index is 13.0. The van der Waals surface area contributed by atoms with Crippen molar-refractivity contribution in [2.24, 2.45) is 0 Å². The Morgan fingerprint density at radius 1 is 1.10 bits per heavy atom. The first-order valence-electron chi connectivity index (χ1n) is 10.1. The highest BCUT2D eigenvalue weighted by Crippen LogP contribution is 2.35. The summed E-state index contributed by atoms with van der Waals surface area (Å²) in [5.41, 5.74) is 1.26. The smallest absolute Gasteiger partial charge is 0.262 e. The number of nitrogens with zero attached hydrogens (tertiary/aromatic N) is 1. The first-order chi connectivity index (χ1) is 15.1. The van der Waals surface area contributed by atoms with Crippen LogP contribution in [0.15, 0.2) is 66.0 Å². The first-order valence-corrected chi connectivity index (χ1v) is 11.0. The molecule has 1 atom stereocenters. The molecule has 1 saturated heterocycles. The zero-order chi connectivity index (χ0) is 21.6. The molecule has 1 N–H and O–H groups in total. The largest absolute Gasteiger partial charge is 0.497 e. The van der Waals surface area contributed by atoms with Crippen LogP contribution < -0.4 is 14.8 Å². The minimum absolute atomic E-state index is 0.0261. The molecule has 6 nitrogen and oxygen atoms in total. The summed E-state index contributed by atoms with van der Waals surface area (Å²) in [6.45, 7) is 0.640. The van der Waals surface area contributed by atoms with E-state index in [1.54, 1.807) is 67.0 Å². The summed E-state index contributed by atoms with van der Waals surface area (Å²) in [7, 11) is 1.57. The van der Waals surface area contributed by atoms with Crippen molar-refractivity contribution in [2.45, 2.75) is 18.9 Å². The third-order valence-electron chi connectivity index (χ3n) is 5.21. The molecule has 2 aromatic carbocycles. The number of benzene rings is 2. The Labute approximate surface area is 185 Å². The van der Waals surface area contributed by atoms with Gasteiger partial charge in [-0.3, -0.25) is 9.59 Å². The highest BCUT2D eigenvalue weighted by Gasteiger charge is 2.31. The number of carbonyl (C=O) groups is 2. The Hall–Kier alpha value is -3.32.